The van der Waals surface area contributed by atoms with Crippen molar-refractivity contribution in [3.05, 3.63) is 35.9 Å². The molecule has 1 fully saturated rings. The zero-order valence-electron chi connectivity index (χ0n) is 10.3. The van der Waals surface area contributed by atoms with E-state index in [0.717, 1.165) is 24.8 Å². The van der Waals surface area contributed by atoms with Gasteiger partial charge in [-0.05, 0) is 25.3 Å². The van der Waals surface area contributed by atoms with Gasteiger partial charge in [-0.2, -0.15) is 0 Å². The van der Waals surface area contributed by atoms with Crippen LogP contribution in [0.1, 0.15) is 31.7 Å². The fraction of sp³-hybridized carbons (Fsp3) is 0.429. The highest BCUT2D eigenvalue weighted by atomic mass is 16.4. The van der Waals surface area contributed by atoms with Gasteiger partial charge in [-0.1, -0.05) is 36.8 Å². The van der Waals surface area contributed by atoms with E-state index in [-0.39, 0.29) is 5.91 Å². The first-order valence-electron chi connectivity index (χ1n) is 6.15. The van der Waals surface area contributed by atoms with Crippen molar-refractivity contribution in [3.8, 4) is 0 Å². The molecule has 96 valence electrons. The van der Waals surface area contributed by atoms with E-state index in [2.05, 4.69) is 5.32 Å². The van der Waals surface area contributed by atoms with Gasteiger partial charge < -0.3 is 10.4 Å². The van der Waals surface area contributed by atoms with Crippen molar-refractivity contribution in [3.63, 3.8) is 0 Å². The molecule has 1 atom stereocenters. The summed E-state index contributed by atoms with van der Waals surface area (Å²) in [4.78, 5) is 23.1. The molecule has 2 N–H and O–H groups in total. The van der Waals surface area contributed by atoms with E-state index in [9.17, 15) is 9.59 Å². The highest BCUT2D eigenvalue weighted by Crippen LogP contribution is 2.43. The average Bonchev–Trinajstić information content (AvgIpc) is 2.28. The summed E-state index contributed by atoms with van der Waals surface area (Å²) in [6.07, 6.45) is 2.58. The van der Waals surface area contributed by atoms with Crippen LogP contribution in [0.25, 0.3) is 0 Å². The number of carboxylic acids is 1. The predicted octanol–water partition coefficient (Wildman–Crippen LogP) is 1.70. The van der Waals surface area contributed by atoms with Crippen molar-refractivity contribution >= 4 is 11.9 Å². The van der Waals surface area contributed by atoms with E-state index in [1.807, 2.05) is 30.3 Å². The van der Waals surface area contributed by atoms with E-state index < -0.39 is 17.4 Å². The summed E-state index contributed by atoms with van der Waals surface area (Å²) in [7, 11) is 0. The molecular weight excluding hydrogens is 230 g/mol. The van der Waals surface area contributed by atoms with Crippen LogP contribution in [0.4, 0.5) is 0 Å². The van der Waals surface area contributed by atoms with E-state index >= 15 is 0 Å². The second kappa shape index (κ2) is 4.80. The Kier molecular flexibility index (Phi) is 3.36. The van der Waals surface area contributed by atoms with Gasteiger partial charge in [0.15, 0.2) is 0 Å². The van der Waals surface area contributed by atoms with Gasteiger partial charge in [0.05, 0.1) is 5.41 Å². The Balaban J connectivity index is 2.18. The zero-order chi connectivity index (χ0) is 13.2. The standard InChI is InChI=1S/C14H17NO3/c1-10(12(16)17)15-13(18)14(8-5-9-14)11-6-3-2-4-7-11/h2-4,6-7,10H,5,8-9H2,1H3,(H,15,18)(H,16,17)/t10-/m0/s1. The molecule has 0 unspecified atom stereocenters. The van der Waals surface area contributed by atoms with Crippen LogP contribution in [0.15, 0.2) is 30.3 Å². The molecular formula is C14H17NO3. The number of benzene rings is 1. The summed E-state index contributed by atoms with van der Waals surface area (Å²) in [6.45, 7) is 1.48. The van der Waals surface area contributed by atoms with Crippen molar-refractivity contribution in [2.24, 2.45) is 0 Å². The number of aliphatic carboxylic acids is 1. The number of carbonyl (C=O) groups is 2. The van der Waals surface area contributed by atoms with Gasteiger partial charge in [-0.25, -0.2) is 0 Å². The second-order valence-corrected chi connectivity index (χ2v) is 4.84. The first-order valence-corrected chi connectivity index (χ1v) is 6.15. The molecule has 1 amide bonds. The van der Waals surface area contributed by atoms with E-state index in [0.29, 0.717) is 0 Å². The minimum Gasteiger partial charge on any atom is -0.480 e. The first-order chi connectivity index (χ1) is 8.56. The number of hydrogen-bond donors (Lipinski definition) is 2. The van der Waals surface area contributed by atoms with Crippen LogP contribution < -0.4 is 5.32 Å². The molecule has 1 saturated carbocycles. The molecule has 0 spiro atoms. The topological polar surface area (TPSA) is 66.4 Å². The summed E-state index contributed by atoms with van der Waals surface area (Å²) in [6, 6.07) is 8.74. The number of hydrogen-bond acceptors (Lipinski definition) is 2. The Morgan fingerprint density at radius 2 is 1.89 bits per heavy atom. The fourth-order valence-corrected chi connectivity index (χ4v) is 2.33. The minimum absolute atomic E-state index is 0.171. The van der Waals surface area contributed by atoms with Crippen molar-refractivity contribution < 1.29 is 14.7 Å². The van der Waals surface area contributed by atoms with Gasteiger partial charge in [0.25, 0.3) is 0 Å². The molecule has 1 aliphatic rings. The largest absolute Gasteiger partial charge is 0.480 e. The summed E-state index contributed by atoms with van der Waals surface area (Å²) in [5, 5.41) is 11.4. The van der Waals surface area contributed by atoms with Gasteiger partial charge in [0.2, 0.25) is 5.91 Å². The average molecular weight is 247 g/mol. The van der Waals surface area contributed by atoms with Crippen LogP contribution >= 0.6 is 0 Å². The van der Waals surface area contributed by atoms with E-state index in [4.69, 9.17) is 5.11 Å². The lowest BCUT2D eigenvalue weighted by atomic mass is 9.63. The highest BCUT2D eigenvalue weighted by molar-refractivity contribution is 5.92. The fourth-order valence-electron chi connectivity index (χ4n) is 2.33. The summed E-state index contributed by atoms with van der Waals surface area (Å²) < 4.78 is 0. The third kappa shape index (κ3) is 2.10. The number of carbonyl (C=O) groups excluding carboxylic acids is 1. The van der Waals surface area contributed by atoms with Gasteiger partial charge in [-0.3, -0.25) is 9.59 Å². The lowest BCUT2D eigenvalue weighted by Crippen LogP contribution is -2.53. The Morgan fingerprint density at radius 3 is 2.33 bits per heavy atom. The van der Waals surface area contributed by atoms with Gasteiger partial charge in [0, 0.05) is 0 Å². The first kappa shape index (κ1) is 12.6. The maximum atomic E-state index is 12.3. The van der Waals surface area contributed by atoms with Crippen LogP contribution in [-0.4, -0.2) is 23.0 Å². The Morgan fingerprint density at radius 1 is 1.28 bits per heavy atom. The van der Waals surface area contributed by atoms with Crippen LogP contribution in [0, 0.1) is 0 Å². The zero-order valence-corrected chi connectivity index (χ0v) is 10.3. The van der Waals surface area contributed by atoms with Crippen molar-refractivity contribution in [2.45, 2.75) is 37.6 Å². The lowest BCUT2D eigenvalue weighted by molar-refractivity contribution is -0.143. The molecule has 1 aromatic rings. The van der Waals surface area contributed by atoms with E-state index in [1.165, 1.54) is 6.92 Å². The molecule has 4 heteroatoms. The monoisotopic (exact) mass is 247 g/mol. The van der Waals surface area contributed by atoms with Gasteiger partial charge >= 0.3 is 5.97 Å². The van der Waals surface area contributed by atoms with Crippen LogP contribution in [-0.2, 0) is 15.0 Å². The molecule has 1 aromatic carbocycles. The molecule has 4 nitrogen and oxygen atoms in total. The van der Waals surface area contributed by atoms with Crippen molar-refractivity contribution in [1.29, 1.82) is 0 Å². The Bertz CT molecular complexity index is 451. The van der Waals surface area contributed by atoms with Crippen LogP contribution in [0.5, 0.6) is 0 Å². The number of amides is 1. The quantitative estimate of drug-likeness (QED) is 0.851. The van der Waals surface area contributed by atoms with Gasteiger partial charge in [-0.15, -0.1) is 0 Å². The molecule has 0 bridgehead atoms. The third-order valence-electron chi connectivity index (χ3n) is 3.69. The molecule has 18 heavy (non-hydrogen) atoms. The van der Waals surface area contributed by atoms with Gasteiger partial charge in [0.1, 0.15) is 6.04 Å². The molecule has 0 aliphatic heterocycles. The maximum Gasteiger partial charge on any atom is 0.325 e. The number of carboxylic acid groups (broad SMARTS) is 1. The summed E-state index contributed by atoms with van der Waals surface area (Å²) >= 11 is 0. The van der Waals surface area contributed by atoms with Crippen LogP contribution in [0.3, 0.4) is 0 Å². The van der Waals surface area contributed by atoms with Crippen molar-refractivity contribution in [1.82, 2.24) is 5.32 Å². The lowest BCUT2D eigenvalue weighted by Gasteiger charge is -2.41. The molecule has 0 heterocycles. The number of nitrogens with one attached hydrogen (secondary N) is 1. The second-order valence-electron chi connectivity index (χ2n) is 4.84. The normalized spacial score (nSPS) is 18.5. The molecule has 2 rings (SSSR count). The SMILES string of the molecule is C[C@H](NC(=O)C1(c2ccccc2)CCC1)C(=O)O. The predicted molar refractivity (Wildman–Crippen MR) is 67.2 cm³/mol. The Labute approximate surface area is 106 Å². The van der Waals surface area contributed by atoms with Crippen LogP contribution in [0.2, 0.25) is 0 Å². The smallest absolute Gasteiger partial charge is 0.325 e. The van der Waals surface area contributed by atoms with E-state index in [1.54, 1.807) is 0 Å². The minimum atomic E-state index is -1.01. The van der Waals surface area contributed by atoms with Crippen molar-refractivity contribution in [2.75, 3.05) is 0 Å². The third-order valence-corrected chi connectivity index (χ3v) is 3.69. The molecule has 0 saturated heterocycles. The maximum absolute atomic E-state index is 12.3. The summed E-state index contributed by atoms with van der Waals surface area (Å²) in [5.74, 6) is -1.18. The molecule has 0 radical (unpaired) electrons. The number of rotatable bonds is 4. The summed E-state index contributed by atoms with van der Waals surface area (Å²) in [5.41, 5.74) is 0.455. The Hall–Kier alpha value is -1.84. The highest BCUT2D eigenvalue weighted by Gasteiger charge is 2.46. The molecule has 0 aromatic heterocycles. The molecule has 1 aliphatic carbocycles.